The molecule has 1 atom stereocenters. The lowest BCUT2D eigenvalue weighted by atomic mass is 10.1. The highest BCUT2D eigenvalue weighted by molar-refractivity contribution is 5.78. The van der Waals surface area contributed by atoms with Gasteiger partial charge in [-0.2, -0.15) is 4.68 Å². The van der Waals surface area contributed by atoms with E-state index in [9.17, 15) is 18.4 Å². The molecule has 1 aromatic heterocycles. The van der Waals surface area contributed by atoms with Crippen LogP contribution in [-0.2, 0) is 4.74 Å². The molecule has 1 amide bonds. The second kappa shape index (κ2) is 9.04. The number of rotatable bonds is 6. The first-order chi connectivity index (χ1) is 16.1. The fourth-order valence-electron chi connectivity index (χ4n) is 3.83. The maximum absolute atomic E-state index is 14.8. The van der Waals surface area contributed by atoms with Gasteiger partial charge in [0, 0.05) is 0 Å². The van der Waals surface area contributed by atoms with E-state index in [1.807, 2.05) is 6.92 Å². The first-order valence-corrected chi connectivity index (χ1v) is 11.3. The van der Waals surface area contributed by atoms with Gasteiger partial charge in [-0.15, -0.1) is 0 Å². The molecule has 0 unspecified atom stereocenters. The van der Waals surface area contributed by atoms with E-state index in [1.54, 1.807) is 44.0 Å². The van der Waals surface area contributed by atoms with E-state index < -0.39 is 34.9 Å². The molecule has 34 heavy (non-hydrogen) atoms. The van der Waals surface area contributed by atoms with E-state index in [0.717, 1.165) is 12.8 Å². The highest BCUT2D eigenvalue weighted by Crippen LogP contribution is 2.33. The van der Waals surface area contributed by atoms with Gasteiger partial charge in [0.15, 0.2) is 5.82 Å². The number of nitrogens with one attached hydrogen (secondary N) is 1. The summed E-state index contributed by atoms with van der Waals surface area (Å²) in [5.74, 6) is -0.848. The molecule has 1 N–H and O–H groups in total. The number of anilines is 1. The number of halogens is 2. The van der Waals surface area contributed by atoms with Crippen LogP contribution >= 0.6 is 0 Å². The highest BCUT2D eigenvalue weighted by atomic mass is 19.1. The summed E-state index contributed by atoms with van der Waals surface area (Å²) in [6, 6.07) is 9.26. The second-order valence-corrected chi connectivity index (χ2v) is 9.38. The predicted octanol–water partition coefficient (Wildman–Crippen LogP) is 5.08. The number of hydrogen-bond donors (Lipinski definition) is 1. The van der Waals surface area contributed by atoms with E-state index >= 15 is 0 Å². The average molecular weight is 471 g/mol. The molecule has 7 nitrogen and oxygen atoms in total. The number of aromatic nitrogens is 2. The third kappa shape index (κ3) is 4.88. The molecule has 2 aromatic carbocycles. The summed E-state index contributed by atoms with van der Waals surface area (Å²) < 4.78 is 35.1. The number of amides is 1. The van der Waals surface area contributed by atoms with Crippen molar-refractivity contribution in [2.45, 2.75) is 64.6 Å². The predicted molar refractivity (Wildman–Crippen MR) is 126 cm³/mol. The van der Waals surface area contributed by atoms with Crippen LogP contribution in [0.2, 0.25) is 0 Å². The van der Waals surface area contributed by atoms with Crippen LogP contribution in [0.1, 0.15) is 58.8 Å². The summed E-state index contributed by atoms with van der Waals surface area (Å²) in [4.78, 5) is 30.9. The SMILES string of the molecule is CC[C@H](NC(=O)OC(C)(C)C)c1nc2cccc(F)c2c(=O)n1N(c1ccc(F)cc1)C1CC1. The number of nitrogens with zero attached hydrogens (tertiary/aromatic N) is 3. The van der Waals surface area contributed by atoms with Crippen molar-refractivity contribution >= 4 is 22.7 Å². The topological polar surface area (TPSA) is 76.5 Å². The minimum absolute atomic E-state index is 0.0491. The van der Waals surface area contributed by atoms with Gasteiger partial charge in [-0.1, -0.05) is 13.0 Å². The van der Waals surface area contributed by atoms with Crippen molar-refractivity contribution in [1.29, 1.82) is 0 Å². The fourth-order valence-corrected chi connectivity index (χ4v) is 3.83. The van der Waals surface area contributed by atoms with Crippen molar-refractivity contribution in [3.05, 3.63) is 70.3 Å². The van der Waals surface area contributed by atoms with Crippen molar-refractivity contribution < 1.29 is 18.3 Å². The van der Waals surface area contributed by atoms with E-state index in [1.165, 1.54) is 28.9 Å². The van der Waals surface area contributed by atoms with E-state index in [4.69, 9.17) is 4.74 Å². The molecule has 0 aliphatic heterocycles. The molecule has 1 aliphatic rings. The second-order valence-electron chi connectivity index (χ2n) is 9.38. The van der Waals surface area contributed by atoms with E-state index in [2.05, 4.69) is 10.3 Å². The summed E-state index contributed by atoms with van der Waals surface area (Å²) in [6.45, 7) is 7.10. The summed E-state index contributed by atoms with van der Waals surface area (Å²) in [5.41, 5.74) is -0.554. The molecule has 0 saturated heterocycles. The van der Waals surface area contributed by atoms with E-state index in [-0.39, 0.29) is 22.8 Å². The largest absolute Gasteiger partial charge is 0.444 e. The molecule has 1 aliphatic carbocycles. The van der Waals surface area contributed by atoms with Gasteiger partial charge in [0.05, 0.1) is 23.3 Å². The first-order valence-electron chi connectivity index (χ1n) is 11.3. The number of hydrogen-bond acceptors (Lipinski definition) is 5. The first kappa shape index (κ1) is 23.7. The van der Waals surface area contributed by atoms with Crippen LogP contribution in [0.15, 0.2) is 47.3 Å². The monoisotopic (exact) mass is 470 g/mol. The molecule has 0 radical (unpaired) electrons. The van der Waals surface area contributed by atoms with Gasteiger partial charge >= 0.3 is 6.09 Å². The van der Waals surface area contributed by atoms with Gasteiger partial charge < -0.3 is 10.1 Å². The molecule has 3 aromatic rings. The van der Waals surface area contributed by atoms with Crippen LogP contribution in [-0.4, -0.2) is 27.4 Å². The molecule has 9 heteroatoms. The lowest BCUT2D eigenvalue weighted by Gasteiger charge is -2.31. The number of alkyl carbamates (subject to hydrolysis) is 1. The van der Waals surface area contributed by atoms with Crippen LogP contribution < -0.4 is 15.9 Å². The Labute approximate surface area is 196 Å². The van der Waals surface area contributed by atoms with Crippen LogP contribution in [0.3, 0.4) is 0 Å². The van der Waals surface area contributed by atoms with Gasteiger partial charge in [-0.3, -0.25) is 9.80 Å². The molecular formula is C25H28F2N4O3. The fraction of sp³-hybridized carbons (Fsp3) is 0.400. The zero-order valence-electron chi connectivity index (χ0n) is 19.6. The van der Waals surface area contributed by atoms with Gasteiger partial charge in [0.2, 0.25) is 0 Å². The zero-order valence-corrected chi connectivity index (χ0v) is 19.6. The number of ether oxygens (including phenoxy) is 1. The van der Waals surface area contributed by atoms with Gasteiger partial charge in [-0.05, 0) is 76.4 Å². The molecule has 1 heterocycles. The molecule has 1 saturated carbocycles. The maximum Gasteiger partial charge on any atom is 0.408 e. The van der Waals surface area contributed by atoms with Gasteiger partial charge in [0.1, 0.15) is 22.6 Å². The van der Waals surface area contributed by atoms with Crippen molar-refractivity contribution in [2.24, 2.45) is 0 Å². The average Bonchev–Trinajstić information content (AvgIpc) is 3.59. The number of fused-ring (bicyclic) bond motifs is 1. The third-order valence-corrected chi connectivity index (χ3v) is 5.46. The highest BCUT2D eigenvalue weighted by Gasteiger charge is 2.35. The Morgan fingerprint density at radius 1 is 1.21 bits per heavy atom. The lowest BCUT2D eigenvalue weighted by molar-refractivity contribution is 0.0498. The van der Waals surface area contributed by atoms with Crippen molar-refractivity contribution in [2.75, 3.05) is 5.01 Å². The molecule has 1 fully saturated rings. The van der Waals surface area contributed by atoms with Crippen LogP contribution in [0.5, 0.6) is 0 Å². The van der Waals surface area contributed by atoms with Crippen molar-refractivity contribution in [1.82, 2.24) is 15.0 Å². The summed E-state index contributed by atoms with van der Waals surface area (Å²) in [5, 5.41) is 4.37. The Balaban J connectivity index is 1.91. The van der Waals surface area contributed by atoms with Crippen LogP contribution in [0.4, 0.5) is 19.3 Å². The summed E-state index contributed by atoms with van der Waals surface area (Å²) in [6.07, 6.45) is 1.34. The van der Waals surface area contributed by atoms with Gasteiger partial charge in [-0.25, -0.2) is 18.6 Å². The summed E-state index contributed by atoms with van der Waals surface area (Å²) in [7, 11) is 0. The molecule has 0 bridgehead atoms. The number of carbonyl (C=O) groups excluding carboxylic acids is 1. The quantitative estimate of drug-likeness (QED) is 0.544. The van der Waals surface area contributed by atoms with Crippen LogP contribution in [0, 0.1) is 11.6 Å². The number of benzene rings is 2. The van der Waals surface area contributed by atoms with Crippen LogP contribution in [0.25, 0.3) is 10.9 Å². The van der Waals surface area contributed by atoms with E-state index in [0.29, 0.717) is 12.1 Å². The Hall–Kier alpha value is -3.49. The van der Waals surface area contributed by atoms with Gasteiger partial charge in [0.25, 0.3) is 5.56 Å². The third-order valence-electron chi connectivity index (χ3n) is 5.46. The van der Waals surface area contributed by atoms with Crippen molar-refractivity contribution in [3.8, 4) is 0 Å². The zero-order chi connectivity index (χ0) is 24.6. The standard InChI is InChI=1S/C25H28F2N4O3/c1-5-19(29-24(33)34-25(2,3)4)22-28-20-8-6-7-18(27)21(20)23(32)31(22)30(17-13-14-17)16-11-9-15(26)10-12-16/h6-12,17,19H,5,13-14H2,1-4H3,(H,29,33)/t19-/m0/s1. The Morgan fingerprint density at radius 3 is 2.47 bits per heavy atom. The minimum atomic E-state index is -0.712. The maximum atomic E-state index is 14.8. The normalized spacial score (nSPS) is 14.6. The number of carbonyl (C=O) groups is 1. The summed E-state index contributed by atoms with van der Waals surface area (Å²) >= 11 is 0. The molecule has 0 spiro atoms. The Kier molecular flexibility index (Phi) is 6.29. The smallest absolute Gasteiger partial charge is 0.408 e. The molecule has 4 rings (SSSR count). The minimum Gasteiger partial charge on any atom is -0.444 e. The molecular weight excluding hydrogens is 442 g/mol. The Morgan fingerprint density at radius 2 is 1.88 bits per heavy atom. The lowest BCUT2D eigenvalue weighted by Crippen LogP contribution is -2.46. The van der Waals surface area contributed by atoms with Crippen molar-refractivity contribution in [3.63, 3.8) is 0 Å². The Bertz CT molecular complexity index is 1260. The molecule has 180 valence electrons.